The molecule has 0 bridgehead atoms. The fraction of sp³-hybridized carbons (Fsp3) is 0.368. The molecule has 0 heterocycles. The molecule has 1 aliphatic carbocycles. The van der Waals surface area contributed by atoms with E-state index in [2.05, 4.69) is 82.8 Å². The average molecular weight is 252 g/mol. The number of allylic oxidation sites excluding steroid dienone is 5. The summed E-state index contributed by atoms with van der Waals surface area (Å²) >= 11 is 0. The molecule has 0 aromatic heterocycles. The molecule has 0 fully saturated rings. The van der Waals surface area contributed by atoms with E-state index in [1.54, 1.807) is 0 Å². The molecule has 0 saturated heterocycles. The van der Waals surface area contributed by atoms with Crippen LogP contribution < -0.4 is 0 Å². The maximum Gasteiger partial charge on any atom is 0.0141 e. The van der Waals surface area contributed by atoms with Crippen molar-refractivity contribution in [1.82, 2.24) is 0 Å². The van der Waals surface area contributed by atoms with Gasteiger partial charge in [-0.05, 0) is 28.5 Å². The van der Waals surface area contributed by atoms with Gasteiger partial charge in [-0.15, -0.1) is 0 Å². The summed E-state index contributed by atoms with van der Waals surface area (Å²) in [6.07, 6.45) is 9.78. The van der Waals surface area contributed by atoms with Crippen LogP contribution in [0.1, 0.15) is 45.2 Å². The Kier molecular flexibility index (Phi) is 3.54. The largest absolute Gasteiger partial charge is 0.0943 e. The van der Waals surface area contributed by atoms with Crippen molar-refractivity contribution in [3.63, 3.8) is 0 Å². The first-order valence-electron chi connectivity index (χ1n) is 6.98. The van der Waals surface area contributed by atoms with Gasteiger partial charge in [0.05, 0.1) is 0 Å². The van der Waals surface area contributed by atoms with E-state index in [0.717, 1.165) is 6.42 Å². The van der Waals surface area contributed by atoms with Crippen LogP contribution >= 0.6 is 0 Å². The van der Waals surface area contributed by atoms with Gasteiger partial charge in [-0.25, -0.2) is 0 Å². The maximum absolute atomic E-state index is 4.41. The van der Waals surface area contributed by atoms with Gasteiger partial charge in [0.1, 0.15) is 0 Å². The Morgan fingerprint density at radius 3 is 2.42 bits per heavy atom. The summed E-state index contributed by atoms with van der Waals surface area (Å²) in [7, 11) is 0. The van der Waals surface area contributed by atoms with E-state index < -0.39 is 0 Å². The van der Waals surface area contributed by atoms with E-state index in [0.29, 0.717) is 0 Å². The van der Waals surface area contributed by atoms with Gasteiger partial charge in [-0.1, -0.05) is 82.8 Å². The molecule has 2 rings (SSSR count). The summed E-state index contributed by atoms with van der Waals surface area (Å²) < 4.78 is 0. The molecule has 0 N–H and O–H groups in total. The van der Waals surface area contributed by atoms with Crippen molar-refractivity contribution in [3.05, 3.63) is 66.3 Å². The van der Waals surface area contributed by atoms with Crippen LogP contribution in [0.25, 0.3) is 5.57 Å². The number of benzene rings is 1. The molecule has 0 amide bonds. The molecule has 19 heavy (non-hydrogen) atoms. The van der Waals surface area contributed by atoms with Crippen LogP contribution in [0, 0.1) is 5.41 Å². The minimum atomic E-state index is 0.0378. The Balaban J connectivity index is 2.46. The second-order valence-electron chi connectivity index (χ2n) is 6.68. The third kappa shape index (κ3) is 2.73. The van der Waals surface area contributed by atoms with Crippen molar-refractivity contribution in [2.24, 2.45) is 5.41 Å². The van der Waals surface area contributed by atoms with Gasteiger partial charge < -0.3 is 0 Å². The van der Waals surface area contributed by atoms with Crippen molar-refractivity contribution >= 4 is 5.57 Å². The van der Waals surface area contributed by atoms with Crippen molar-refractivity contribution in [3.8, 4) is 0 Å². The van der Waals surface area contributed by atoms with Gasteiger partial charge in [0.2, 0.25) is 0 Å². The predicted octanol–water partition coefficient (Wildman–Crippen LogP) is 5.52. The van der Waals surface area contributed by atoms with Crippen molar-refractivity contribution < 1.29 is 0 Å². The zero-order valence-corrected chi connectivity index (χ0v) is 12.5. The Labute approximate surface area is 117 Å². The summed E-state index contributed by atoms with van der Waals surface area (Å²) in [6.45, 7) is 13.5. The number of hydrogen-bond donors (Lipinski definition) is 0. The quantitative estimate of drug-likeness (QED) is 0.650. The molecular weight excluding hydrogens is 228 g/mol. The molecule has 0 spiro atoms. The summed E-state index contributed by atoms with van der Waals surface area (Å²) in [5.74, 6) is 0. The standard InChI is InChI=1S/C19H24/c1-15(19(5)13-9-6-10-14-19)16-11-7-8-12-17(16)18(2,3)4/h6-13H,1,14H2,2-5H3. The first kappa shape index (κ1) is 13.9. The van der Waals surface area contributed by atoms with E-state index in [-0.39, 0.29) is 10.8 Å². The highest BCUT2D eigenvalue weighted by molar-refractivity contribution is 5.73. The fourth-order valence-electron chi connectivity index (χ4n) is 2.66. The zero-order chi connectivity index (χ0) is 14.1. The van der Waals surface area contributed by atoms with E-state index in [4.69, 9.17) is 0 Å². The second-order valence-corrected chi connectivity index (χ2v) is 6.68. The van der Waals surface area contributed by atoms with Gasteiger partial charge in [0.25, 0.3) is 0 Å². The van der Waals surface area contributed by atoms with Crippen LogP contribution in [-0.2, 0) is 5.41 Å². The highest BCUT2D eigenvalue weighted by atomic mass is 14.3. The minimum Gasteiger partial charge on any atom is -0.0943 e. The minimum absolute atomic E-state index is 0.0378. The molecule has 0 heteroatoms. The van der Waals surface area contributed by atoms with Gasteiger partial charge in [-0.3, -0.25) is 0 Å². The highest BCUT2D eigenvalue weighted by Crippen LogP contribution is 2.43. The Bertz CT molecular complexity index is 537. The van der Waals surface area contributed by atoms with Gasteiger partial charge >= 0.3 is 0 Å². The van der Waals surface area contributed by atoms with E-state index in [1.165, 1.54) is 16.7 Å². The Morgan fingerprint density at radius 1 is 1.16 bits per heavy atom. The molecule has 1 aliphatic rings. The topological polar surface area (TPSA) is 0 Å². The van der Waals surface area contributed by atoms with Gasteiger partial charge in [-0.2, -0.15) is 0 Å². The first-order chi connectivity index (χ1) is 8.84. The van der Waals surface area contributed by atoms with Crippen molar-refractivity contribution in [1.29, 1.82) is 0 Å². The lowest BCUT2D eigenvalue weighted by molar-refractivity contribution is 0.564. The lowest BCUT2D eigenvalue weighted by Gasteiger charge is -2.33. The fourth-order valence-corrected chi connectivity index (χ4v) is 2.66. The normalized spacial score (nSPS) is 22.5. The molecule has 0 radical (unpaired) electrons. The summed E-state index contributed by atoms with van der Waals surface area (Å²) in [6, 6.07) is 8.67. The molecule has 0 aliphatic heterocycles. The van der Waals surface area contributed by atoms with E-state index in [9.17, 15) is 0 Å². The second kappa shape index (κ2) is 4.85. The lowest BCUT2D eigenvalue weighted by atomic mass is 9.71. The van der Waals surface area contributed by atoms with Gasteiger partial charge in [0.15, 0.2) is 0 Å². The maximum atomic E-state index is 4.41. The van der Waals surface area contributed by atoms with Crippen LogP contribution in [0.3, 0.4) is 0 Å². The summed E-state index contributed by atoms with van der Waals surface area (Å²) in [5, 5.41) is 0. The summed E-state index contributed by atoms with van der Waals surface area (Å²) in [5.41, 5.74) is 4.08. The smallest absolute Gasteiger partial charge is 0.0141 e. The molecule has 1 unspecified atom stereocenters. The van der Waals surface area contributed by atoms with Crippen LogP contribution in [0.5, 0.6) is 0 Å². The third-order valence-electron chi connectivity index (χ3n) is 4.00. The van der Waals surface area contributed by atoms with E-state index >= 15 is 0 Å². The SMILES string of the molecule is C=C(c1ccccc1C(C)(C)C)C1(C)C=CC=CC1. The first-order valence-corrected chi connectivity index (χ1v) is 6.98. The van der Waals surface area contributed by atoms with Crippen molar-refractivity contribution in [2.45, 2.75) is 39.5 Å². The van der Waals surface area contributed by atoms with Crippen LogP contribution in [-0.4, -0.2) is 0 Å². The molecule has 0 nitrogen and oxygen atoms in total. The van der Waals surface area contributed by atoms with E-state index in [1.807, 2.05) is 0 Å². The van der Waals surface area contributed by atoms with Crippen molar-refractivity contribution in [2.75, 3.05) is 0 Å². The van der Waals surface area contributed by atoms with Gasteiger partial charge in [0, 0.05) is 5.41 Å². The molecule has 100 valence electrons. The molecular formula is C19H24. The molecule has 1 atom stereocenters. The summed E-state index contributed by atoms with van der Waals surface area (Å²) in [4.78, 5) is 0. The number of rotatable bonds is 2. The Hall–Kier alpha value is -1.56. The Morgan fingerprint density at radius 2 is 1.84 bits per heavy atom. The average Bonchev–Trinajstić information content (AvgIpc) is 2.38. The molecule has 1 aromatic rings. The highest BCUT2D eigenvalue weighted by Gasteiger charge is 2.29. The van der Waals surface area contributed by atoms with Crippen LogP contribution in [0.2, 0.25) is 0 Å². The predicted molar refractivity (Wildman–Crippen MR) is 85.2 cm³/mol. The number of hydrogen-bond acceptors (Lipinski definition) is 0. The van der Waals surface area contributed by atoms with Crippen LogP contribution in [0.4, 0.5) is 0 Å². The van der Waals surface area contributed by atoms with Crippen LogP contribution in [0.15, 0.2) is 55.1 Å². The molecule has 0 saturated carbocycles. The molecule has 1 aromatic carbocycles. The zero-order valence-electron chi connectivity index (χ0n) is 12.5. The monoisotopic (exact) mass is 252 g/mol. The third-order valence-corrected chi connectivity index (χ3v) is 4.00. The lowest BCUT2D eigenvalue weighted by Crippen LogP contribution is -2.20.